The van der Waals surface area contributed by atoms with Gasteiger partial charge in [0.05, 0.1) is 16.2 Å². The first kappa shape index (κ1) is 33.0. The van der Waals surface area contributed by atoms with Crippen molar-refractivity contribution >= 4 is 10.1 Å². The van der Waals surface area contributed by atoms with E-state index in [1.54, 1.807) is 0 Å². The Morgan fingerprint density at radius 1 is 0.600 bits per heavy atom. The van der Waals surface area contributed by atoms with Crippen LogP contribution >= 0.6 is 0 Å². The van der Waals surface area contributed by atoms with Gasteiger partial charge in [-0.1, -0.05) is 110 Å². The SMILES string of the molecule is CCCCCCCCCCCC(CCCC(O)CCCCCCCC)S(=O)(=O)[O-].[Na+]. The van der Waals surface area contributed by atoms with Crippen molar-refractivity contribution in [2.24, 2.45) is 0 Å². The Bertz CT molecular complexity index is 442. The molecule has 0 spiro atoms. The summed E-state index contributed by atoms with van der Waals surface area (Å²) in [6, 6.07) is 0. The van der Waals surface area contributed by atoms with Crippen molar-refractivity contribution in [2.75, 3.05) is 0 Å². The zero-order valence-electron chi connectivity index (χ0n) is 20.4. The molecule has 4 nitrogen and oxygen atoms in total. The maximum Gasteiger partial charge on any atom is 1.00 e. The summed E-state index contributed by atoms with van der Waals surface area (Å²) < 4.78 is 34.7. The molecule has 0 bridgehead atoms. The van der Waals surface area contributed by atoms with Gasteiger partial charge in [-0.25, -0.2) is 8.42 Å². The Morgan fingerprint density at radius 2 is 0.933 bits per heavy atom. The fourth-order valence-electron chi connectivity index (χ4n) is 4.00. The van der Waals surface area contributed by atoms with Crippen molar-refractivity contribution in [3.05, 3.63) is 0 Å². The smallest absolute Gasteiger partial charge is 0.748 e. The number of rotatable bonds is 22. The molecule has 0 aliphatic carbocycles. The summed E-state index contributed by atoms with van der Waals surface area (Å²) in [6.45, 7) is 4.42. The van der Waals surface area contributed by atoms with Gasteiger partial charge in [-0.15, -0.1) is 0 Å². The fourth-order valence-corrected chi connectivity index (χ4v) is 4.91. The monoisotopic (exact) mass is 456 g/mol. The first-order valence-electron chi connectivity index (χ1n) is 12.5. The van der Waals surface area contributed by atoms with Gasteiger partial charge in [0.1, 0.15) is 0 Å². The van der Waals surface area contributed by atoms with Crippen molar-refractivity contribution in [3.63, 3.8) is 0 Å². The summed E-state index contributed by atoms with van der Waals surface area (Å²) in [5.74, 6) is 0. The van der Waals surface area contributed by atoms with E-state index in [1.165, 1.54) is 64.2 Å². The number of unbranched alkanes of at least 4 members (excludes halogenated alkanes) is 13. The van der Waals surface area contributed by atoms with Gasteiger partial charge in [-0.2, -0.15) is 0 Å². The third-order valence-corrected chi connectivity index (χ3v) is 7.28. The number of hydrogen-bond acceptors (Lipinski definition) is 4. The Kier molecular flexibility index (Phi) is 25.4. The molecule has 0 heterocycles. The zero-order chi connectivity index (χ0) is 21.8. The second-order valence-electron chi connectivity index (χ2n) is 8.87. The molecule has 0 aliphatic heterocycles. The molecule has 0 saturated carbocycles. The van der Waals surface area contributed by atoms with Crippen LogP contribution < -0.4 is 29.6 Å². The van der Waals surface area contributed by atoms with Crippen LogP contribution in [0, 0.1) is 0 Å². The normalized spacial score (nSPS) is 13.7. The van der Waals surface area contributed by atoms with E-state index in [4.69, 9.17) is 0 Å². The Labute approximate surface area is 210 Å². The van der Waals surface area contributed by atoms with E-state index in [1.807, 2.05) is 0 Å². The van der Waals surface area contributed by atoms with Gasteiger partial charge in [-0.3, -0.25) is 0 Å². The predicted octanol–water partition coefficient (Wildman–Crippen LogP) is 4.11. The van der Waals surface area contributed by atoms with Crippen molar-refractivity contribution < 1.29 is 47.6 Å². The molecular weight excluding hydrogens is 407 g/mol. The molecule has 0 rings (SSSR count). The largest absolute Gasteiger partial charge is 1.00 e. The second-order valence-corrected chi connectivity index (χ2v) is 10.5. The van der Waals surface area contributed by atoms with E-state index in [-0.39, 0.29) is 35.7 Å². The van der Waals surface area contributed by atoms with Crippen LogP contribution in [0.3, 0.4) is 0 Å². The van der Waals surface area contributed by atoms with E-state index in [2.05, 4.69) is 13.8 Å². The first-order chi connectivity index (χ1) is 13.9. The van der Waals surface area contributed by atoms with Gasteiger partial charge in [0, 0.05) is 5.25 Å². The van der Waals surface area contributed by atoms with E-state index >= 15 is 0 Å². The summed E-state index contributed by atoms with van der Waals surface area (Å²) in [6.07, 6.45) is 20.4. The number of aliphatic hydroxyl groups excluding tert-OH is 1. The summed E-state index contributed by atoms with van der Waals surface area (Å²) >= 11 is 0. The van der Waals surface area contributed by atoms with Gasteiger partial charge in [0.15, 0.2) is 0 Å². The average molecular weight is 457 g/mol. The van der Waals surface area contributed by atoms with Crippen molar-refractivity contribution in [2.45, 2.75) is 154 Å². The number of aliphatic hydroxyl groups is 1. The minimum Gasteiger partial charge on any atom is -0.748 e. The molecule has 0 amide bonds. The third kappa shape index (κ3) is 22.1. The van der Waals surface area contributed by atoms with E-state index in [9.17, 15) is 18.1 Å². The molecule has 0 aromatic carbocycles. The Morgan fingerprint density at radius 3 is 1.37 bits per heavy atom. The maximum absolute atomic E-state index is 11.6. The number of hydrogen-bond donors (Lipinski definition) is 1. The minimum absolute atomic E-state index is 0. The van der Waals surface area contributed by atoms with Crippen LogP contribution in [0.4, 0.5) is 0 Å². The van der Waals surface area contributed by atoms with Crippen LogP contribution in [-0.4, -0.2) is 29.4 Å². The molecular formula is C24H49NaO4S. The van der Waals surface area contributed by atoms with Gasteiger partial charge in [-0.05, 0) is 32.1 Å². The Balaban J connectivity index is 0. The standard InChI is InChI=1S/C24H50O4S.Na/c1-3-5-7-9-11-12-13-15-17-21-24(29(26,27)28)22-18-20-23(25)19-16-14-10-8-6-4-2;/h23-25H,3-22H2,1-2H3,(H,26,27,28);/q;+1/p-1. The molecule has 0 saturated heterocycles. The molecule has 0 radical (unpaired) electrons. The van der Waals surface area contributed by atoms with Crippen LogP contribution in [0.1, 0.15) is 142 Å². The van der Waals surface area contributed by atoms with Gasteiger partial charge in [0.2, 0.25) is 0 Å². The van der Waals surface area contributed by atoms with Crippen LogP contribution in [0.2, 0.25) is 0 Å². The Hall–Kier alpha value is 0.870. The van der Waals surface area contributed by atoms with Gasteiger partial charge >= 0.3 is 29.6 Å². The zero-order valence-corrected chi connectivity index (χ0v) is 23.2. The quantitative estimate of drug-likeness (QED) is 0.151. The molecule has 0 aromatic heterocycles. The molecule has 30 heavy (non-hydrogen) atoms. The van der Waals surface area contributed by atoms with Gasteiger partial charge < -0.3 is 9.66 Å². The van der Waals surface area contributed by atoms with E-state index < -0.39 is 15.4 Å². The molecule has 176 valence electrons. The van der Waals surface area contributed by atoms with Crippen LogP contribution in [0.5, 0.6) is 0 Å². The van der Waals surface area contributed by atoms with E-state index in [0.29, 0.717) is 25.7 Å². The van der Waals surface area contributed by atoms with Crippen molar-refractivity contribution in [3.8, 4) is 0 Å². The molecule has 0 aliphatic rings. The molecule has 1 N–H and O–H groups in total. The van der Waals surface area contributed by atoms with Crippen molar-refractivity contribution in [1.29, 1.82) is 0 Å². The molecule has 0 fully saturated rings. The maximum atomic E-state index is 11.6. The predicted molar refractivity (Wildman–Crippen MR) is 123 cm³/mol. The molecule has 2 atom stereocenters. The van der Waals surface area contributed by atoms with E-state index in [0.717, 1.165) is 38.5 Å². The van der Waals surface area contributed by atoms with Crippen LogP contribution in [0.25, 0.3) is 0 Å². The third-order valence-electron chi connectivity index (χ3n) is 5.99. The van der Waals surface area contributed by atoms with Crippen LogP contribution in [0.15, 0.2) is 0 Å². The summed E-state index contributed by atoms with van der Waals surface area (Å²) in [5.41, 5.74) is 0. The topological polar surface area (TPSA) is 77.4 Å². The molecule has 2 unspecified atom stereocenters. The minimum atomic E-state index is -4.23. The molecule has 6 heteroatoms. The average Bonchev–Trinajstić information content (AvgIpc) is 2.67. The summed E-state index contributed by atoms with van der Waals surface area (Å²) in [5, 5.41) is 9.32. The first-order valence-corrected chi connectivity index (χ1v) is 14.0. The van der Waals surface area contributed by atoms with Gasteiger partial charge in [0.25, 0.3) is 0 Å². The van der Waals surface area contributed by atoms with Crippen molar-refractivity contribution in [1.82, 2.24) is 0 Å². The fraction of sp³-hybridized carbons (Fsp3) is 1.00. The second kappa shape index (κ2) is 23.0. The summed E-state index contributed by atoms with van der Waals surface area (Å²) in [4.78, 5) is 0. The summed E-state index contributed by atoms with van der Waals surface area (Å²) in [7, 11) is -4.23. The van der Waals surface area contributed by atoms with Crippen LogP contribution in [-0.2, 0) is 10.1 Å². The molecule has 0 aromatic rings.